The summed E-state index contributed by atoms with van der Waals surface area (Å²) >= 11 is 0. The standard InChI is InChI=1S/C31H36N2O2/c1-32(30(35)25-12-11-23-5-2-3-6-24(23)17-25)28-14-13-27-21-33(20-22-9-10-22)16-15-31(27,19-28)26-7-4-8-29(34)18-26/h2-8,11-12,17-18,22,27-28,34H,9-10,13-16,19-21H2,1H3. The van der Waals surface area contributed by atoms with E-state index in [1.54, 1.807) is 6.07 Å². The minimum absolute atomic E-state index is 0.0135. The molecule has 1 N–H and O–H groups in total. The summed E-state index contributed by atoms with van der Waals surface area (Å²) in [6, 6.07) is 22.4. The zero-order valence-electron chi connectivity index (χ0n) is 20.7. The van der Waals surface area contributed by atoms with Crippen LogP contribution in [0.4, 0.5) is 0 Å². The summed E-state index contributed by atoms with van der Waals surface area (Å²) in [6.45, 7) is 3.50. The van der Waals surface area contributed by atoms with Crippen LogP contribution in [-0.2, 0) is 5.41 Å². The molecule has 182 valence electrons. The van der Waals surface area contributed by atoms with Crippen LogP contribution in [0.5, 0.6) is 5.75 Å². The number of benzene rings is 3. The number of nitrogens with zero attached hydrogens (tertiary/aromatic N) is 2. The zero-order valence-corrected chi connectivity index (χ0v) is 20.7. The van der Waals surface area contributed by atoms with Crippen molar-refractivity contribution in [3.63, 3.8) is 0 Å². The lowest BCUT2D eigenvalue weighted by molar-refractivity contribution is 0.0175. The SMILES string of the molecule is CN(C(=O)c1ccc2ccccc2c1)C1CCC2CN(CC3CC3)CCC2(c2cccc(O)c2)C1. The summed E-state index contributed by atoms with van der Waals surface area (Å²) < 4.78 is 0. The van der Waals surface area contributed by atoms with Gasteiger partial charge in [0.25, 0.3) is 5.91 Å². The molecule has 2 saturated carbocycles. The molecule has 4 nitrogen and oxygen atoms in total. The van der Waals surface area contributed by atoms with Crippen LogP contribution >= 0.6 is 0 Å². The van der Waals surface area contributed by atoms with Gasteiger partial charge in [-0.05, 0) is 97.5 Å². The average Bonchev–Trinajstić information content (AvgIpc) is 3.71. The van der Waals surface area contributed by atoms with Crippen LogP contribution in [0.25, 0.3) is 10.8 Å². The van der Waals surface area contributed by atoms with Gasteiger partial charge in [-0.3, -0.25) is 4.79 Å². The fourth-order valence-corrected chi connectivity index (χ4v) is 6.86. The van der Waals surface area contributed by atoms with E-state index in [2.05, 4.69) is 29.2 Å². The number of rotatable bonds is 5. The Morgan fingerprint density at radius 1 is 1.00 bits per heavy atom. The minimum Gasteiger partial charge on any atom is -0.508 e. The molecule has 3 atom stereocenters. The van der Waals surface area contributed by atoms with E-state index in [0.717, 1.165) is 61.0 Å². The molecule has 0 spiro atoms. The number of phenolic OH excluding ortho intramolecular Hbond substituents is 1. The number of phenols is 1. The van der Waals surface area contributed by atoms with Crippen molar-refractivity contribution in [2.24, 2.45) is 11.8 Å². The van der Waals surface area contributed by atoms with Gasteiger partial charge >= 0.3 is 0 Å². The van der Waals surface area contributed by atoms with Gasteiger partial charge < -0.3 is 14.9 Å². The van der Waals surface area contributed by atoms with Crippen molar-refractivity contribution in [3.05, 3.63) is 77.9 Å². The van der Waals surface area contributed by atoms with Gasteiger partial charge in [-0.25, -0.2) is 0 Å². The third kappa shape index (κ3) is 4.33. The van der Waals surface area contributed by atoms with Crippen LogP contribution in [0.2, 0.25) is 0 Å². The van der Waals surface area contributed by atoms with Gasteiger partial charge in [-0.2, -0.15) is 0 Å². The van der Waals surface area contributed by atoms with E-state index in [1.165, 1.54) is 24.9 Å². The molecule has 35 heavy (non-hydrogen) atoms. The van der Waals surface area contributed by atoms with Gasteiger partial charge in [-0.1, -0.05) is 42.5 Å². The first-order chi connectivity index (χ1) is 17.0. The number of aromatic hydroxyl groups is 1. The number of carbonyl (C=O) groups excluding carboxylic acids is 1. The van der Waals surface area contributed by atoms with E-state index in [4.69, 9.17) is 0 Å². The van der Waals surface area contributed by atoms with Crippen molar-refractivity contribution in [1.82, 2.24) is 9.80 Å². The minimum atomic E-state index is 0.0135. The maximum Gasteiger partial charge on any atom is 0.253 e. The van der Waals surface area contributed by atoms with E-state index >= 15 is 0 Å². The Morgan fingerprint density at radius 3 is 2.63 bits per heavy atom. The Balaban J connectivity index is 1.26. The van der Waals surface area contributed by atoms with E-state index in [1.807, 2.05) is 48.3 Å². The van der Waals surface area contributed by atoms with Crippen molar-refractivity contribution in [2.45, 2.75) is 50.0 Å². The topological polar surface area (TPSA) is 43.8 Å². The van der Waals surface area contributed by atoms with Crippen LogP contribution in [0.1, 0.15) is 54.4 Å². The van der Waals surface area contributed by atoms with E-state index < -0.39 is 0 Å². The Hall–Kier alpha value is -2.85. The summed E-state index contributed by atoms with van der Waals surface area (Å²) in [4.78, 5) is 18.3. The van der Waals surface area contributed by atoms with Crippen LogP contribution in [0.3, 0.4) is 0 Å². The molecule has 1 heterocycles. The lowest BCUT2D eigenvalue weighted by atomic mass is 9.57. The molecule has 3 unspecified atom stereocenters. The number of likely N-dealkylation sites (tertiary alicyclic amines) is 1. The molecule has 1 aliphatic heterocycles. The van der Waals surface area contributed by atoms with E-state index in [-0.39, 0.29) is 17.4 Å². The molecule has 4 heteroatoms. The molecule has 3 fully saturated rings. The van der Waals surface area contributed by atoms with E-state index in [0.29, 0.717) is 11.7 Å². The highest BCUT2D eigenvalue weighted by Gasteiger charge is 2.49. The summed E-state index contributed by atoms with van der Waals surface area (Å²) in [6.07, 6.45) is 7.01. The highest BCUT2D eigenvalue weighted by Crippen LogP contribution is 2.51. The molecule has 0 aromatic heterocycles. The van der Waals surface area contributed by atoms with Crippen molar-refractivity contribution in [1.29, 1.82) is 0 Å². The molecule has 0 radical (unpaired) electrons. The summed E-state index contributed by atoms with van der Waals surface area (Å²) in [5.41, 5.74) is 2.03. The first-order valence-electron chi connectivity index (χ1n) is 13.3. The molecule has 3 aromatic rings. The lowest BCUT2D eigenvalue weighted by Gasteiger charge is -2.54. The maximum absolute atomic E-state index is 13.6. The molecular weight excluding hydrogens is 432 g/mol. The van der Waals surface area contributed by atoms with Gasteiger partial charge in [0.1, 0.15) is 5.75 Å². The molecule has 3 aliphatic rings. The molecule has 6 rings (SSSR count). The van der Waals surface area contributed by atoms with E-state index in [9.17, 15) is 9.90 Å². The van der Waals surface area contributed by atoms with Crippen LogP contribution in [0, 0.1) is 11.8 Å². The van der Waals surface area contributed by atoms with Crippen molar-refractivity contribution in [3.8, 4) is 5.75 Å². The summed E-state index contributed by atoms with van der Waals surface area (Å²) in [7, 11) is 1.99. The smallest absolute Gasteiger partial charge is 0.253 e. The average molecular weight is 469 g/mol. The zero-order chi connectivity index (χ0) is 24.0. The number of carbonyl (C=O) groups is 1. The summed E-state index contributed by atoms with van der Waals surface area (Å²) in [5, 5.41) is 12.6. The third-order valence-corrected chi connectivity index (χ3v) is 9.08. The Labute approximate surface area is 208 Å². The van der Waals surface area contributed by atoms with Gasteiger partial charge in [0.05, 0.1) is 0 Å². The summed E-state index contributed by atoms with van der Waals surface area (Å²) in [5.74, 6) is 1.93. The second-order valence-corrected chi connectivity index (χ2v) is 11.3. The van der Waals surface area contributed by atoms with Crippen molar-refractivity contribution < 1.29 is 9.90 Å². The van der Waals surface area contributed by atoms with Crippen LogP contribution in [-0.4, -0.2) is 53.5 Å². The van der Waals surface area contributed by atoms with Gasteiger partial charge in [0, 0.05) is 37.2 Å². The first-order valence-corrected chi connectivity index (χ1v) is 13.3. The largest absolute Gasteiger partial charge is 0.508 e. The highest BCUT2D eigenvalue weighted by atomic mass is 16.3. The highest BCUT2D eigenvalue weighted by molar-refractivity contribution is 5.98. The van der Waals surface area contributed by atoms with Crippen molar-refractivity contribution in [2.75, 3.05) is 26.7 Å². The number of amides is 1. The fourth-order valence-electron chi connectivity index (χ4n) is 6.86. The van der Waals surface area contributed by atoms with Gasteiger partial charge in [-0.15, -0.1) is 0 Å². The molecule has 2 aliphatic carbocycles. The predicted molar refractivity (Wildman–Crippen MR) is 141 cm³/mol. The van der Waals surface area contributed by atoms with Crippen LogP contribution < -0.4 is 0 Å². The second-order valence-electron chi connectivity index (χ2n) is 11.3. The normalized spacial score (nSPS) is 26.9. The molecule has 1 saturated heterocycles. The molecule has 0 bridgehead atoms. The fraction of sp³-hybridized carbons (Fsp3) is 0.452. The third-order valence-electron chi connectivity index (χ3n) is 9.08. The number of piperidine rings is 1. The Kier molecular flexibility index (Phi) is 5.80. The van der Waals surface area contributed by atoms with Crippen LogP contribution in [0.15, 0.2) is 66.7 Å². The quantitative estimate of drug-likeness (QED) is 0.512. The number of fused-ring (bicyclic) bond motifs is 2. The Morgan fingerprint density at radius 2 is 1.83 bits per heavy atom. The van der Waals surface area contributed by atoms with Gasteiger partial charge in [0.15, 0.2) is 0 Å². The second kappa shape index (κ2) is 8.98. The number of hydrogen-bond acceptors (Lipinski definition) is 3. The first kappa shape index (κ1) is 22.6. The lowest BCUT2D eigenvalue weighted by Crippen LogP contribution is -2.56. The molecular formula is C31H36N2O2. The maximum atomic E-state index is 13.6. The Bertz CT molecular complexity index is 1240. The number of hydrogen-bond donors (Lipinski definition) is 1. The van der Waals surface area contributed by atoms with Crippen molar-refractivity contribution >= 4 is 16.7 Å². The van der Waals surface area contributed by atoms with Gasteiger partial charge in [0.2, 0.25) is 0 Å². The predicted octanol–water partition coefficient (Wildman–Crippen LogP) is 5.84. The monoisotopic (exact) mass is 468 g/mol. The molecule has 1 amide bonds. The molecule has 3 aromatic carbocycles.